The van der Waals surface area contributed by atoms with Gasteiger partial charge in [0.15, 0.2) is 0 Å². The highest BCUT2D eigenvalue weighted by Gasteiger charge is 2.24. The van der Waals surface area contributed by atoms with Crippen LogP contribution in [0.1, 0.15) is 40.2 Å². The molecule has 1 aromatic carbocycles. The standard InChI is InChI=1S/C26H42N2O11S/c1-19-7-9-22(10-8-19)40(32,33)38-18-16-36-14-12-34-11-13-35-15-17-37-24(30)21(3)27-23(29)20(2)28-25(31)39-26(4,5)6/h7-10,20-21H,11-18H2,1-6H3,(H,27,29)(H,28,31)/t20-,21?/m0/s1. The van der Waals surface area contributed by atoms with Crippen LogP contribution in [-0.2, 0) is 47.6 Å². The summed E-state index contributed by atoms with van der Waals surface area (Å²) in [6.45, 7) is 11.1. The number of hydrogen-bond donors (Lipinski definition) is 2. The number of nitrogens with one attached hydrogen (secondary N) is 2. The number of benzene rings is 1. The fraction of sp³-hybridized carbons (Fsp3) is 0.654. The molecule has 0 aliphatic rings. The normalized spacial score (nSPS) is 13.2. The van der Waals surface area contributed by atoms with Gasteiger partial charge in [-0.3, -0.25) is 8.98 Å². The van der Waals surface area contributed by atoms with E-state index in [-0.39, 0.29) is 57.8 Å². The van der Waals surface area contributed by atoms with Gasteiger partial charge in [0, 0.05) is 0 Å². The van der Waals surface area contributed by atoms with Gasteiger partial charge in [0.1, 0.15) is 24.3 Å². The second-order valence-electron chi connectivity index (χ2n) is 9.69. The Kier molecular flexibility index (Phi) is 15.7. The molecule has 0 aromatic heterocycles. The Hall–Kier alpha value is -2.78. The molecule has 2 amide bonds. The van der Waals surface area contributed by atoms with Crippen LogP contribution in [0.15, 0.2) is 29.2 Å². The highest BCUT2D eigenvalue weighted by Crippen LogP contribution is 2.13. The Morgan fingerprint density at radius 1 is 0.775 bits per heavy atom. The molecule has 0 saturated heterocycles. The molecule has 0 heterocycles. The molecule has 1 aromatic rings. The topological polar surface area (TPSA) is 165 Å². The van der Waals surface area contributed by atoms with Crippen molar-refractivity contribution in [2.45, 2.75) is 64.1 Å². The molecule has 40 heavy (non-hydrogen) atoms. The van der Waals surface area contributed by atoms with Gasteiger partial charge in [-0.15, -0.1) is 0 Å². The minimum atomic E-state index is -3.81. The van der Waals surface area contributed by atoms with Gasteiger partial charge in [-0.1, -0.05) is 17.7 Å². The SMILES string of the molecule is Cc1ccc(S(=O)(=O)OCCOCCOCCOCCOC(=O)C(C)NC(=O)[C@H](C)NC(=O)OC(C)(C)C)cc1. The van der Waals surface area contributed by atoms with E-state index < -0.39 is 45.8 Å². The predicted molar refractivity (Wildman–Crippen MR) is 144 cm³/mol. The lowest BCUT2D eigenvalue weighted by molar-refractivity contribution is -0.149. The van der Waals surface area contributed by atoms with Gasteiger partial charge in [0.25, 0.3) is 10.1 Å². The number of carbonyl (C=O) groups is 3. The van der Waals surface area contributed by atoms with E-state index in [1.54, 1.807) is 32.9 Å². The van der Waals surface area contributed by atoms with Crippen LogP contribution < -0.4 is 10.6 Å². The number of rotatable bonds is 18. The maximum atomic E-state index is 12.2. The van der Waals surface area contributed by atoms with Crippen LogP contribution in [0.4, 0.5) is 4.79 Å². The zero-order chi connectivity index (χ0) is 30.2. The third-order valence-electron chi connectivity index (χ3n) is 4.83. The van der Waals surface area contributed by atoms with E-state index in [0.717, 1.165) is 5.56 Å². The first-order valence-corrected chi connectivity index (χ1v) is 14.3. The fourth-order valence-corrected chi connectivity index (χ4v) is 3.68. The third-order valence-corrected chi connectivity index (χ3v) is 6.16. The quantitative estimate of drug-likeness (QED) is 0.145. The van der Waals surface area contributed by atoms with Crippen molar-refractivity contribution in [3.63, 3.8) is 0 Å². The van der Waals surface area contributed by atoms with E-state index in [4.69, 9.17) is 27.9 Å². The second-order valence-corrected chi connectivity index (χ2v) is 11.3. The van der Waals surface area contributed by atoms with Crippen LogP contribution in [0.3, 0.4) is 0 Å². The molecule has 0 radical (unpaired) electrons. The van der Waals surface area contributed by atoms with Gasteiger partial charge < -0.3 is 34.3 Å². The highest BCUT2D eigenvalue weighted by molar-refractivity contribution is 7.86. The summed E-state index contributed by atoms with van der Waals surface area (Å²) in [5, 5.41) is 4.86. The molecule has 2 atom stereocenters. The largest absolute Gasteiger partial charge is 0.462 e. The average molecular weight is 591 g/mol. The van der Waals surface area contributed by atoms with E-state index in [9.17, 15) is 22.8 Å². The molecule has 228 valence electrons. The summed E-state index contributed by atoms with van der Waals surface area (Å²) in [4.78, 5) is 36.1. The number of amides is 2. The number of aryl methyl sites for hydroxylation is 1. The summed E-state index contributed by atoms with van der Waals surface area (Å²) in [5.74, 6) is -1.21. The van der Waals surface area contributed by atoms with Crippen molar-refractivity contribution < 1.29 is 50.7 Å². The van der Waals surface area contributed by atoms with E-state index in [2.05, 4.69) is 10.6 Å². The molecule has 1 rings (SSSR count). The lowest BCUT2D eigenvalue weighted by Gasteiger charge is -2.22. The maximum Gasteiger partial charge on any atom is 0.408 e. The Morgan fingerprint density at radius 3 is 1.80 bits per heavy atom. The molecular weight excluding hydrogens is 548 g/mol. The van der Waals surface area contributed by atoms with Crippen LogP contribution in [0.25, 0.3) is 0 Å². The molecule has 0 bridgehead atoms. The van der Waals surface area contributed by atoms with Crippen molar-refractivity contribution in [1.29, 1.82) is 0 Å². The Labute approximate surface area is 236 Å². The van der Waals surface area contributed by atoms with Crippen LogP contribution in [0, 0.1) is 6.92 Å². The summed E-state index contributed by atoms with van der Waals surface area (Å²) in [5.41, 5.74) is 0.249. The van der Waals surface area contributed by atoms with Crippen LogP contribution in [0.2, 0.25) is 0 Å². The van der Waals surface area contributed by atoms with Crippen molar-refractivity contribution in [3.05, 3.63) is 29.8 Å². The van der Waals surface area contributed by atoms with E-state index >= 15 is 0 Å². The molecule has 0 aliphatic carbocycles. The number of ether oxygens (including phenoxy) is 5. The first-order chi connectivity index (χ1) is 18.7. The van der Waals surface area contributed by atoms with Crippen LogP contribution in [0.5, 0.6) is 0 Å². The molecular formula is C26H42N2O11S. The lowest BCUT2D eigenvalue weighted by Crippen LogP contribution is -2.50. The molecule has 2 N–H and O–H groups in total. The van der Waals surface area contributed by atoms with Crippen LogP contribution >= 0.6 is 0 Å². The molecule has 14 heteroatoms. The van der Waals surface area contributed by atoms with E-state index in [1.807, 2.05) is 6.92 Å². The Bertz CT molecular complexity index is 1020. The Morgan fingerprint density at radius 2 is 1.27 bits per heavy atom. The van der Waals surface area contributed by atoms with Gasteiger partial charge >= 0.3 is 12.1 Å². The van der Waals surface area contributed by atoms with Gasteiger partial charge in [-0.05, 0) is 53.7 Å². The van der Waals surface area contributed by atoms with Crippen molar-refractivity contribution in [2.24, 2.45) is 0 Å². The third kappa shape index (κ3) is 15.7. The molecule has 0 spiro atoms. The monoisotopic (exact) mass is 590 g/mol. The number of carbonyl (C=O) groups excluding carboxylic acids is 3. The summed E-state index contributed by atoms with van der Waals surface area (Å²) in [6.07, 6.45) is -0.740. The highest BCUT2D eigenvalue weighted by atomic mass is 32.2. The molecule has 13 nitrogen and oxygen atoms in total. The van der Waals surface area contributed by atoms with Gasteiger partial charge in [-0.2, -0.15) is 8.42 Å². The molecule has 0 fully saturated rings. The summed E-state index contributed by atoms with van der Waals surface area (Å²) >= 11 is 0. The van der Waals surface area contributed by atoms with Crippen LogP contribution in [-0.4, -0.2) is 96.9 Å². The van der Waals surface area contributed by atoms with Crippen molar-refractivity contribution in [1.82, 2.24) is 10.6 Å². The second kappa shape index (κ2) is 17.8. The van der Waals surface area contributed by atoms with Gasteiger partial charge in [-0.25, -0.2) is 9.59 Å². The fourth-order valence-electron chi connectivity index (χ4n) is 2.79. The Balaban J connectivity index is 2.03. The van der Waals surface area contributed by atoms with Gasteiger partial charge in [0.2, 0.25) is 5.91 Å². The van der Waals surface area contributed by atoms with E-state index in [0.29, 0.717) is 0 Å². The van der Waals surface area contributed by atoms with Crippen molar-refractivity contribution in [2.75, 3.05) is 52.9 Å². The minimum Gasteiger partial charge on any atom is -0.462 e. The predicted octanol–water partition coefficient (Wildman–Crippen LogP) is 1.71. The minimum absolute atomic E-state index is 0.0145. The average Bonchev–Trinajstić information content (AvgIpc) is 2.85. The smallest absolute Gasteiger partial charge is 0.408 e. The zero-order valence-corrected chi connectivity index (χ0v) is 24.8. The summed E-state index contributed by atoms with van der Waals surface area (Å²) in [6, 6.07) is 4.53. The summed E-state index contributed by atoms with van der Waals surface area (Å²) < 4.78 is 55.2. The zero-order valence-electron chi connectivity index (χ0n) is 24.0. The van der Waals surface area contributed by atoms with E-state index in [1.165, 1.54) is 26.0 Å². The summed E-state index contributed by atoms with van der Waals surface area (Å²) in [7, 11) is -3.81. The maximum absolute atomic E-state index is 12.2. The lowest BCUT2D eigenvalue weighted by atomic mass is 10.2. The number of alkyl carbamates (subject to hydrolysis) is 1. The molecule has 1 unspecified atom stereocenters. The van der Waals surface area contributed by atoms with Crippen molar-refractivity contribution in [3.8, 4) is 0 Å². The number of esters is 1. The molecule has 0 saturated carbocycles. The first kappa shape index (κ1) is 35.2. The molecule has 0 aliphatic heterocycles. The van der Waals surface area contributed by atoms with Crippen molar-refractivity contribution >= 4 is 28.1 Å². The number of hydrogen-bond acceptors (Lipinski definition) is 11. The first-order valence-electron chi connectivity index (χ1n) is 12.9. The van der Waals surface area contributed by atoms with Gasteiger partial charge in [0.05, 0.1) is 51.1 Å².